The normalized spacial score (nSPS) is 10.3. The van der Waals surface area contributed by atoms with Gasteiger partial charge in [-0.1, -0.05) is 0 Å². The Labute approximate surface area is 162 Å². The highest BCUT2D eigenvalue weighted by molar-refractivity contribution is 5.99. The first kappa shape index (κ1) is 19.4. The Hall–Kier alpha value is -4.41. The van der Waals surface area contributed by atoms with Gasteiger partial charge in [0, 0.05) is 34.4 Å². The number of nitrogens with one attached hydrogen (secondary N) is 4. The molecule has 0 radical (unpaired) electrons. The van der Waals surface area contributed by atoms with Gasteiger partial charge in [0.2, 0.25) is 5.91 Å². The third kappa shape index (κ3) is 4.86. The Kier molecular flexibility index (Phi) is 5.39. The molecule has 0 saturated carbocycles. The lowest BCUT2D eigenvalue weighted by Gasteiger charge is -2.08. The number of H-pyrrole nitrogens is 1. The zero-order valence-electron chi connectivity index (χ0n) is 14.8. The fourth-order valence-corrected chi connectivity index (χ4v) is 2.53. The fraction of sp³-hybridized carbons (Fsp3) is 0.0556. The summed E-state index contributed by atoms with van der Waals surface area (Å²) in [5, 5.41) is 27.6. The van der Waals surface area contributed by atoms with Crippen molar-refractivity contribution < 1.29 is 24.4 Å². The van der Waals surface area contributed by atoms with Crippen LogP contribution >= 0.6 is 0 Å². The van der Waals surface area contributed by atoms with Gasteiger partial charge < -0.3 is 26.0 Å². The molecule has 0 saturated heterocycles. The number of fused-ring (bicyclic) bond motifs is 1. The lowest BCUT2D eigenvalue weighted by molar-refractivity contribution is -0.384. The van der Waals surface area contributed by atoms with E-state index in [2.05, 4.69) is 20.9 Å². The number of carbonyl (C=O) groups is 3. The van der Waals surface area contributed by atoms with Crippen LogP contribution in [0, 0.1) is 10.1 Å². The van der Waals surface area contributed by atoms with E-state index in [4.69, 9.17) is 5.11 Å². The zero-order valence-corrected chi connectivity index (χ0v) is 14.8. The topological polar surface area (TPSA) is 166 Å². The first-order chi connectivity index (χ1) is 13.8. The Morgan fingerprint density at radius 2 is 1.69 bits per heavy atom. The highest BCUT2D eigenvalue weighted by Gasteiger charge is 2.10. The molecule has 0 unspecified atom stereocenters. The summed E-state index contributed by atoms with van der Waals surface area (Å²) in [4.78, 5) is 47.6. The molecule has 3 amide bonds. The Morgan fingerprint density at radius 3 is 2.34 bits per heavy atom. The van der Waals surface area contributed by atoms with Crippen molar-refractivity contribution in [3.8, 4) is 0 Å². The molecule has 5 N–H and O–H groups in total. The Morgan fingerprint density at radius 1 is 1.00 bits per heavy atom. The molecular weight excluding hydrogens is 382 g/mol. The molecule has 0 bridgehead atoms. The lowest BCUT2D eigenvalue weighted by atomic mass is 10.2. The number of urea groups is 1. The van der Waals surface area contributed by atoms with Gasteiger partial charge in [0.05, 0.1) is 11.5 Å². The molecule has 148 valence electrons. The summed E-state index contributed by atoms with van der Waals surface area (Å²) < 4.78 is 0. The van der Waals surface area contributed by atoms with Crippen LogP contribution in [-0.4, -0.2) is 39.5 Å². The largest absolute Gasteiger partial charge is 0.477 e. The summed E-state index contributed by atoms with van der Waals surface area (Å²) in [7, 11) is 0. The predicted octanol–water partition coefficient (Wildman–Crippen LogP) is 2.53. The van der Waals surface area contributed by atoms with Crippen LogP contribution in [0.5, 0.6) is 0 Å². The monoisotopic (exact) mass is 397 g/mol. The van der Waals surface area contributed by atoms with E-state index in [1.165, 1.54) is 30.3 Å². The van der Waals surface area contributed by atoms with E-state index in [9.17, 15) is 24.5 Å². The molecule has 3 rings (SSSR count). The molecule has 0 aliphatic heterocycles. The number of rotatable bonds is 6. The minimum atomic E-state index is -1.09. The second-order valence-electron chi connectivity index (χ2n) is 5.95. The maximum Gasteiger partial charge on any atom is 0.352 e. The molecule has 0 aliphatic carbocycles. The van der Waals surface area contributed by atoms with Crippen LogP contribution in [0.4, 0.5) is 21.9 Å². The average molecular weight is 397 g/mol. The standard InChI is InChI=1S/C18H15N5O6/c24-16(9-19-18(27)21-11-1-4-13(5-2-11)23(28)29)20-12-3-6-14-10(7-12)8-15(22-14)17(25)26/h1-8,22H,9H2,(H,20,24)(H,25,26)(H2,19,21,27). The maximum atomic E-state index is 12.0. The minimum absolute atomic E-state index is 0.0352. The van der Waals surface area contributed by atoms with Gasteiger partial charge >= 0.3 is 12.0 Å². The van der Waals surface area contributed by atoms with Crippen LogP contribution in [0.3, 0.4) is 0 Å². The quantitative estimate of drug-likeness (QED) is 0.316. The van der Waals surface area contributed by atoms with Gasteiger partial charge in [-0.05, 0) is 36.4 Å². The third-order valence-electron chi connectivity index (χ3n) is 3.88. The number of anilines is 2. The van der Waals surface area contributed by atoms with Gasteiger partial charge in [0.1, 0.15) is 5.69 Å². The highest BCUT2D eigenvalue weighted by Crippen LogP contribution is 2.20. The molecule has 29 heavy (non-hydrogen) atoms. The van der Waals surface area contributed by atoms with Crippen molar-refractivity contribution in [2.24, 2.45) is 0 Å². The number of aromatic nitrogens is 1. The highest BCUT2D eigenvalue weighted by atomic mass is 16.6. The van der Waals surface area contributed by atoms with Crippen molar-refractivity contribution in [2.45, 2.75) is 0 Å². The van der Waals surface area contributed by atoms with E-state index in [-0.39, 0.29) is 17.9 Å². The van der Waals surface area contributed by atoms with E-state index in [1.54, 1.807) is 18.2 Å². The number of amides is 3. The van der Waals surface area contributed by atoms with E-state index in [1.807, 2.05) is 0 Å². The molecule has 1 aromatic heterocycles. The molecule has 3 aromatic rings. The third-order valence-corrected chi connectivity index (χ3v) is 3.88. The van der Waals surface area contributed by atoms with E-state index in [0.29, 0.717) is 22.3 Å². The first-order valence-corrected chi connectivity index (χ1v) is 8.27. The van der Waals surface area contributed by atoms with Crippen molar-refractivity contribution in [1.29, 1.82) is 0 Å². The number of carboxylic acids is 1. The number of carboxylic acid groups (broad SMARTS) is 1. The number of nitro benzene ring substituents is 1. The predicted molar refractivity (Wildman–Crippen MR) is 104 cm³/mol. The van der Waals surface area contributed by atoms with Crippen molar-refractivity contribution in [3.05, 3.63) is 64.3 Å². The summed E-state index contributed by atoms with van der Waals surface area (Å²) in [6.07, 6.45) is 0. The smallest absolute Gasteiger partial charge is 0.352 e. The number of non-ortho nitro benzene ring substituents is 1. The second-order valence-corrected chi connectivity index (χ2v) is 5.95. The molecule has 0 atom stereocenters. The van der Waals surface area contributed by atoms with Gasteiger partial charge in [0.15, 0.2) is 0 Å². The first-order valence-electron chi connectivity index (χ1n) is 8.27. The molecular formula is C18H15N5O6. The SMILES string of the molecule is O=C(CNC(=O)Nc1ccc([N+](=O)[O-])cc1)Nc1ccc2[nH]c(C(=O)O)cc2c1. The average Bonchev–Trinajstić information content (AvgIpc) is 3.10. The van der Waals surface area contributed by atoms with Crippen LogP contribution in [0.15, 0.2) is 48.5 Å². The number of nitrogens with zero attached hydrogens (tertiary/aromatic N) is 1. The molecule has 2 aromatic carbocycles. The summed E-state index contributed by atoms with van der Waals surface area (Å²) in [6.45, 7) is -0.315. The molecule has 11 heteroatoms. The minimum Gasteiger partial charge on any atom is -0.477 e. The summed E-state index contributed by atoms with van der Waals surface area (Å²) in [5.74, 6) is -1.58. The van der Waals surface area contributed by atoms with Crippen LogP contribution in [0.1, 0.15) is 10.5 Å². The molecule has 0 fully saturated rings. The van der Waals surface area contributed by atoms with Gasteiger partial charge in [-0.25, -0.2) is 9.59 Å². The van der Waals surface area contributed by atoms with Crippen molar-refractivity contribution in [1.82, 2.24) is 10.3 Å². The van der Waals surface area contributed by atoms with Crippen LogP contribution in [0.25, 0.3) is 10.9 Å². The molecule has 11 nitrogen and oxygen atoms in total. The molecule has 1 heterocycles. The number of aromatic carboxylic acids is 1. The van der Waals surface area contributed by atoms with Crippen molar-refractivity contribution in [3.63, 3.8) is 0 Å². The summed E-state index contributed by atoms with van der Waals surface area (Å²) in [6, 6.07) is 10.9. The maximum absolute atomic E-state index is 12.0. The van der Waals surface area contributed by atoms with Gasteiger partial charge in [-0.2, -0.15) is 0 Å². The van der Waals surface area contributed by atoms with Gasteiger partial charge in [-0.3, -0.25) is 14.9 Å². The Bertz CT molecular complexity index is 1110. The van der Waals surface area contributed by atoms with Gasteiger partial charge in [-0.15, -0.1) is 0 Å². The lowest BCUT2D eigenvalue weighted by Crippen LogP contribution is -2.35. The number of aromatic amines is 1. The number of hydrogen-bond donors (Lipinski definition) is 5. The fourth-order valence-electron chi connectivity index (χ4n) is 2.53. The summed E-state index contributed by atoms with van der Waals surface area (Å²) in [5.41, 5.74) is 1.32. The second kappa shape index (κ2) is 8.08. The van der Waals surface area contributed by atoms with Crippen molar-refractivity contribution in [2.75, 3.05) is 17.2 Å². The molecule has 0 aliphatic rings. The molecule has 0 spiro atoms. The number of carbonyl (C=O) groups excluding carboxylic acids is 2. The van der Waals surface area contributed by atoms with Crippen LogP contribution < -0.4 is 16.0 Å². The number of nitro groups is 1. The number of hydrogen-bond acceptors (Lipinski definition) is 5. The van der Waals surface area contributed by atoms with Crippen molar-refractivity contribution >= 4 is 45.9 Å². The van der Waals surface area contributed by atoms with Crippen LogP contribution in [0.2, 0.25) is 0 Å². The van der Waals surface area contributed by atoms with Crippen LogP contribution in [-0.2, 0) is 4.79 Å². The Balaban J connectivity index is 1.52. The zero-order chi connectivity index (χ0) is 21.0. The summed E-state index contributed by atoms with van der Waals surface area (Å²) >= 11 is 0. The van der Waals surface area contributed by atoms with E-state index in [0.717, 1.165) is 0 Å². The number of benzene rings is 2. The van der Waals surface area contributed by atoms with E-state index < -0.39 is 22.8 Å². The van der Waals surface area contributed by atoms with E-state index >= 15 is 0 Å². The van der Waals surface area contributed by atoms with Gasteiger partial charge in [0.25, 0.3) is 5.69 Å².